The highest BCUT2D eigenvalue weighted by atomic mass is 127. The number of likely N-dealkylation sites (tertiary alicyclic amines) is 1. The minimum absolute atomic E-state index is 0.0271. The first-order valence-electron chi connectivity index (χ1n) is 6.58. The van der Waals surface area contributed by atoms with Gasteiger partial charge >= 0.3 is 0 Å². The minimum Gasteiger partial charge on any atom is -0.391 e. The predicted octanol–water partition coefficient (Wildman–Crippen LogP) is 2.64. The number of carbonyl (C=O) groups is 1. The Kier molecular flexibility index (Phi) is 6.55. The van der Waals surface area contributed by atoms with Gasteiger partial charge in [0, 0.05) is 29.8 Å². The average Bonchev–Trinajstić information content (AvgIpc) is 2.73. The summed E-state index contributed by atoms with van der Waals surface area (Å²) in [5.41, 5.74) is 0.741. The van der Waals surface area contributed by atoms with Crippen LogP contribution in [0.2, 0.25) is 0 Å². The third-order valence-electron chi connectivity index (χ3n) is 3.45. The van der Waals surface area contributed by atoms with Crippen LogP contribution in [0.5, 0.6) is 0 Å². The SMILES string of the molecule is CN(C)CC1CC(O)CN1C(=O)c1cc(I)cc(I)c1I. The topological polar surface area (TPSA) is 43.8 Å². The van der Waals surface area contributed by atoms with Gasteiger partial charge in [-0.25, -0.2) is 0 Å². The number of benzene rings is 1. The predicted molar refractivity (Wildman–Crippen MR) is 109 cm³/mol. The van der Waals surface area contributed by atoms with E-state index in [1.54, 1.807) is 0 Å². The Bertz CT molecular complexity index is 551. The van der Waals surface area contributed by atoms with E-state index in [1.807, 2.05) is 25.1 Å². The number of hydrogen-bond donors (Lipinski definition) is 1. The number of nitrogens with zero attached hydrogens (tertiary/aromatic N) is 2. The molecule has 1 heterocycles. The molecule has 1 aliphatic heterocycles. The van der Waals surface area contributed by atoms with Crippen LogP contribution in [0, 0.1) is 10.7 Å². The molecule has 0 bridgehead atoms. The van der Waals surface area contributed by atoms with E-state index >= 15 is 0 Å². The van der Waals surface area contributed by atoms with E-state index < -0.39 is 6.10 Å². The summed E-state index contributed by atoms with van der Waals surface area (Å²) >= 11 is 6.73. The Labute approximate surface area is 166 Å². The van der Waals surface area contributed by atoms with Gasteiger partial charge in [-0.15, -0.1) is 0 Å². The van der Waals surface area contributed by atoms with Crippen LogP contribution in [-0.4, -0.2) is 60.1 Å². The lowest BCUT2D eigenvalue weighted by molar-refractivity contribution is 0.0698. The van der Waals surface area contributed by atoms with Crippen molar-refractivity contribution in [2.75, 3.05) is 27.2 Å². The lowest BCUT2D eigenvalue weighted by atomic mass is 10.1. The number of carbonyl (C=O) groups excluding carboxylic acids is 1. The van der Waals surface area contributed by atoms with Crippen molar-refractivity contribution < 1.29 is 9.90 Å². The fourth-order valence-corrected chi connectivity index (χ4v) is 4.99. The molecule has 0 saturated carbocycles. The molecule has 1 aromatic carbocycles. The van der Waals surface area contributed by atoms with Crippen LogP contribution in [0.4, 0.5) is 0 Å². The summed E-state index contributed by atoms with van der Waals surface area (Å²) in [6, 6.07) is 4.08. The maximum Gasteiger partial charge on any atom is 0.255 e. The summed E-state index contributed by atoms with van der Waals surface area (Å²) in [6.07, 6.45) is 0.236. The number of rotatable bonds is 3. The van der Waals surface area contributed by atoms with Gasteiger partial charge in [-0.1, -0.05) is 0 Å². The minimum atomic E-state index is -0.418. The first-order valence-corrected chi connectivity index (χ1v) is 9.81. The first-order chi connectivity index (χ1) is 9.79. The summed E-state index contributed by atoms with van der Waals surface area (Å²) < 4.78 is 3.14. The monoisotopic (exact) mass is 626 g/mol. The second kappa shape index (κ2) is 7.58. The van der Waals surface area contributed by atoms with Gasteiger partial charge in [-0.2, -0.15) is 0 Å². The van der Waals surface area contributed by atoms with Gasteiger partial charge in [0.15, 0.2) is 0 Å². The number of aliphatic hydroxyl groups excluding tert-OH is 1. The van der Waals surface area contributed by atoms with Crippen LogP contribution in [0.3, 0.4) is 0 Å². The van der Waals surface area contributed by atoms with Gasteiger partial charge in [0.2, 0.25) is 0 Å². The molecule has 1 fully saturated rings. The lowest BCUT2D eigenvalue weighted by Gasteiger charge is -2.27. The maximum atomic E-state index is 12.9. The Balaban J connectivity index is 2.30. The van der Waals surface area contributed by atoms with E-state index in [1.165, 1.54) is 0 Å². The van der Waals surface area contributed by atoms with E-state index in [2.05, 4.69) is 78.7 Å². The Hall–Kier alpha value is 0.800. The van der Waals surface area contributed by atoms with Crippen molar-refractivity contribution in [1.29, 1.82) is 0 Å². The molecular weight excluding hydrogens is 609 g/mol. The molecule has 0 aromatic heterocycles. The van der Waals surface area contributed by atoms with Crippen LogP contribution in [0.25, 0.3) is 0 Å². The van der Waals surface area contributed by atoms with Gasteiger partial charge in [-0.05, 0) is 100 Å². The van der Waals surface area contributed by atoms with Crippen LogP contribution >= 0.6 is 67.8 Å². The molecule has 0 aliphatic carbocycles. The second-order valence-electron chi connectivity index (χ2n) is 5.51. The Morgan fingerprint density at radius 1 is 1.38 bits per heavy atom. The molecule has 2 unspecified atom stereocenters. The third kappa shape index (κ3) is 4.42. The number of hydrogen-bond acceptors (Lipinski definition) is 3. The normalized spacial score (nSPS) is 22.1. The van der Waals surface area contributed by atoms with Gasteiger partial charge in [0.25, 0.3) is 5.91 Å². The molecule has 2 atom stereocenters. The summed E-state index contributed by atoms with van der Waals surface area (Å²) in [5.74, 6) is 0.0271. The summed E-state index contributed by atoms with van der Waals surface area (Å²) in [4.78, 5) is 16.8. The van der Waals surface area contributed by atoms with Crippen molar-refractivity contribution in [3.05, 3.63) is 28.4 Å². The molecule has 116 valence electrons. The van der Waals surface area contributed by atoms with Crippen LogP contribution in [-0.2, 0) is 0 Å². The van der Waals surface area contributed by atoms with Crippen molar-refractivity contribution >= 4 is 73.7 Å². The van der Waals surface area contributed by atoms with Gasteiger partial charge in [0.05, 0.1) is 11.7 Å². The first kappa shape index (κ1) is 18.1. The number of aliphatic hydroxyl groups is 1. The van der Waals surface area contributed by atoms with Crippen molar-refractivity contribution in [2.24, 2.45) is 0 Å². The van der Waals surface area contributed by atoms with Gasteiger partial charge < -0.3 is 14.9 Å². The average molecular weight is 626 g/mol. The smallest absolute Gasteiger partial charge is 0.255 e. The van der Waals surface area contributed by atoms with E-state index in [4.69, 9.17) is 0 Å². The van der Waals surface area contributed by atoms with Crippen molar-refractivity contribution in [3.8, 4) is 0 Å². The molecular formula is C14H17I3N2O2. The number of amides is 1. The van der Waals surface area contributed by atoms with Crippen LogP contribution < -0.4 is 0 Å². The molecule has 4 nitrogen and oxygen atoms in total. The third-order valence-corrected chi connectivity index (χ3v) is 7.12. The molecule has 1 N–H and O–H groups in total. The maximum absolute atomic E-state index is 12.9. The molecule has 7 heteroatoms. The zero-order valence-electron chi connectivity index (χ0n) is 11.8. The standard InChI is InChI=1S/C14H17I3N2O2/c1-18(2)6-9-5-10(20)7-19(9)14(21)11-3-8(15)4-12(16)13(11)17/h3-4,9-10,20H,5-7H2,1-2H3. The molecule has 1 aliphatic rings. The van der Waals surface area contributed by atoms with E-state index in [9.17, 15) is 9.90 Å². The lowest BCUT2D eigenvalue weighted by Crippen LogP contribution is -2.41. The van der Waals surface area contributed by atoms with Crippen molar-refractivity contribution in [1.82, 2.24) is 9.80 Å². The summed E-state index contributed by atoms with van der Waals surface area (Å²) in [6.45, 7) is 1.20. The molecule has 21 heavy (non-hydrogen) atoms. The summed E-state index contributed by atoms with van der Waals surface area (Å²) in [5, 5.41) is 9.94. The number of halogens is 3. The second-order valence-corrected chi connectivity index (χ2v) is 9.00. The van der Waals surface area contributed by atoms with E-state index in [0.29, 0.717) is 13.0 Å². The van der Waals surface area contributed by atoms with Crippen molar-refractivity contribution in [3.63, 3.8) is 0 Å². The van der Waals surface area contributed by atoms with Crippen molar-refractivity contribution in [2.45, 2.75) is 18.6 Å². The summed E-state index contributed by atoms with van der Waals surface area (Å²) in [7, 11) is 3.98. The fraction of sp³-hybridized carbons (Fsp3) is 0.500. The van der Waals surface area contributed by atoms with E-state index in [-0.39, 0.29) is 11.9 Å². The van der Waals surface area contributed by atoms with Crippen LogP contribution in [0.15, 0.2) is 12.1 Å². The highest BCUT2D eigenvalue weighted by Gasteiger charge is 2.35. The highest BCUT2D eigenvalue weighted by molar-refractivity contribution is 14.1. The number of β-amino-alcohol motifs (C(OH)–C–C–N with tert-alkyl or cyclic N) is 1. The Morgan fingerprint density at radius 3 is 2.67 bits per heavy atom. The fourth-order valence-electron chi connectivity index (χ4n) is 2.60. The highest BCUT2D eigenvalue weighted by Crippen LogP contribution is 2.27. The van der Waals surface area contributed by atoms with Gasteiger partial charge in [0.1, 0.15) is 0 Å². The zero-order valence-corrected chi connectivity index (χ0v) is 18.3. The zero-order chi connectivity index (χ0) is 15.7. The molecule has 1 aromatic rings. The Morgan fingerprint density at radius 2 is 2.05 bits per heavy atom. The molecule has 1 saturated heterocycles. The number of likely N-dealkylation sites (N-methyl/N-ethyl adjacent to an activating group) is 1. The largest absolute Gasteiger partial charge is 0.391 e. The molecule has 0 radical (unpaired) electrons. The van der Waals surface area contributed by atoms with Crippen LogP contribution in [0.1, 0.15) is 16.8 Å². The molecule has 1 amide bonds. The molecule has 0 spiro atoms. The van der Waals surface area contributed by atoms with E-state index in [0.717, 1.165) is 22.8 Å². The van der Waals surface area contributed by atoms with Gasteiger partial charge in [-0.3, -0.25) is 4.79 Å². The quantitative estimate of drug-likeness (QED) is 0.415. The molecule has 2 rings (SSSR count).